The molecule has 2 aromatic carbocycles. The van der Waals surface area contributed by atoms with Crippen molar-refractivity contribution in [2.45, 2.75) is 6.04 Å². The molecule has 0 bridgehead atoms. The molecule has 130 valence electrons. The molecule has 0 radical (unpaired) electrons. The van der Waals surface area contributed by atoms with E-state index >= 15 is 0 Å². The van der Waals surface area contributed by atoms with Crippen molar-refractivity contribution < 1.29 is 14.0 Å². The van der Waals surface area contributed by atoms with Crippen LogP contribution in [0.2, 0.25) is 0 Å². The monoisotopic (exact) mass is 341 g/mol. The first-order chi connectivity index (χ1) is 12.1. The normalized spacial score (nSPS) is 17.2. The number of carbonyl (C=O) groups is 2. The summed E-state index contributed by atoms with van der Waals surface area (Å²) in [6.07, 6.45) is 0. The van der Waals surface area contributed by atoms with Gasteiger partial charge in [0.25, 0.3) is 11.8 Å². The zero-order chi connectivity index (χ0) is 17.8. The Morgan fingerprint density at radius 1 is 1.16 bits per heavy atom. The molecule has 25 heavy (non-hydrogen) atoms. The zero-order valence-electron chi connectivity index (χ0n) is 14.0. The van der Waals surface area contributed by atoms with E-state index in [0.717, 1.165) is 5.56 Å². The van der Waals surface area contributed by atoms with E-state index in [4.69, 9.17) is 0 Å². The lowest BCUT2D eigenvalue weighted by Crippen LogP contribution is -2.48. The molecule has 3 rings (SSSR count). The van der Waals surface area contributed by atoms with Gasteiger partial charge < -0.3 is 15.5 Å². The van der Waals surface area contributed by atoms with Crippen molar-refractivity contribution in [1.29, 1.82) is 0 Å². The lowest BCUT2D eigenvalue weighted by molar-refractivity contribution is 0.0634. The highest BCUT2D eigenvalue weighted by atomic mass is 19.1. The molecule has 0 aliphatic carbocycles. The highest BCUT2D eigenvalue weighted by Gasteiger charge is 2.29. The zero-order valence-corrected chi connectivity index (χ0v) is 14.0. The Bertz CT molecular complexity index is 776. The predicted octanol–water partition coefficient (Wildman–Crippen LogP) is 1.97. The Kier molecular flexibility index (Phi) is 5.09. The molecule has 1 fully saturated rings. The summed E-state index contributed by atoms with van der Waals surface area (Å²) < 4.78 is 13.1. The Hall–Kier alpha value is -2.73. The summed E-state index contributed by atoms with van der Waals surface area (Å²) >= 11 is 0. The minimum Gasteiger partial charge on any atom is -0.355 e. The number of rotatable bonds is 3. The van der Waals surface area contributed by atoms with Crippen LogP contribution in [0.4, 0.5) is 4.39 Å². The summed E-state index contributed by atoms with van der Waals surface area (Å²) in [6, 6.07) is 12.7. The van der Waals surface area contributed by atoms with E-state index in [0.29, 0.717) is 30.8 Å². The maximum Gasteiger partial charge on any atom is 0.254 e. The van der Waals surface area contributed by atoms with Gasteiger partial charge in [-0.2, -0.15) is 0 Å². The van der Waals surface area contributed by atoms with Crippen molar-refractivity contribution >= 4 is 11.8 Å². The Morgan fingerprint density at radius 3 is 2.64 bits per heavy atom. The summed E-state index contributed by atoms with van der Waals surface area (Å²) in [4.78, 5) is 26.5. The number of halogens is 1. The summed E-state index contributed by atoms with van der Waals surface area (Å²) in [6.45, 7) is 1.84. The van der Waals surface area contributed by atoms with Crippen molar-refractivity contribution in [2.24, 2.45) is 0 Å². The molecule has 0 spiro atoms. The van der Waals surface area contributed by atoms with Crippen LogP contribution in [0.15, 0.2) is 48.5 Å². The van der Waals surface area contributed by atoms with Gasteiger partial charge in [-0.15, -0.1) is 0 Å². The second-order valence-corrected chi connectivity index (χ2v) is 5.93. The van der Waals surface area contributed by atoms with Crippen LogP contribution in [0.25, 0.3) is 0 Å². The van der Waals surface area contributed by atoms with E-state index < -0.39 is 0 Å². The number of carbonyl (C=O) groups excluding carboxylic acids is 2. The van der Waals surface area contributed by atoms with Crippen LogP contribution in [0, 0.1) is 5.82 Å². The first-order valence-corrected chi connectivity index (χ1v) is 8.19. The molecule has 2 aromatic rings. The number of amides is 2. The van der Waals surface area contributed by atoms with Gasteiger partial charge in [-0.25, -0.2) is 4.39 Å². The number of benzene rings is 2. The second kappa shape index (κ2) is 7.44. The fourth-order valence-corrected chi connectivity index (χ4v) is 3.04. The Labute approximate surface area is 145 Å². The van der Waals surface area contributed by atoms with Gasteiger partial charge in [0.15, 0.2) is 0 Å². The van der Waals surface area contributed by atoms with Crippen LogP contribution < -0.4 is 10.6 Å². The number of nitrogens with one attached hydrogen (secondary N) is 2. The molecule has 1 atom stereocenters. The second-order valence-electron chi connectivity index (χ2n) is 5.93. The van der Waals surface area contributed by atoms with Crippen LogP contribution in [0.1, 0.15) is 32.3 Å². The molecule has 0 unspecified atom stereocenters. The Morgan fingerprint density at radius 2 is 1.92 bits per heavy atom. The number of nitrogens with zero attached hydrogens (tertiary/aromatic N) is 1. The van der Waals surface area contributed by atoms with Crippen molar-refractivity contribution in [3.05, 3.63) is 71.0 Å². The Balaban J connectivity index is 1.89. The van der Waals surface area contributed by atoms with Gasteiger partial charge in [0.1, 0.15) is 5.82 Å². The molecule has 0 saturated carbocycles. The van der Waals surface area contributed by atoms with E-state index in [9.17, 15) is 14.0 Å². The summed E-state index contributed by atoms with van der Waals surface area (Å²) in [5, 5.41) is 5.89. The van der Waals surface area contributed by atoms with Crippen LogP contribution in [0.5, 0.6) is 0 Å². The van der Waals surface area contributed by atoms with Crippen molar-refractivity contribution in [1.82, 2.24) is 15.5 Å². The third kappa shape index (κ3) is 3.69. The van der Waals surface area contributed by atoms with E-state index in [1.807, 2.05) is 12.1 Å². The predicted molar refractivity (Wildman–Crippen MR) is 92.9 cm³/mol. The highest BCUT2D eigenvalue weighted by Crippen LogP contribution is 2.25. The maximum atomic E-state index is 13.1. The molecule has 1 heterocycles. The summed E-state index contributed by atoms with van der Waals surface area (Å²) in [5.74, 6) is -0.675. The molecule has 1 aliphatic rings. The largest absolute Gasteiger partial charge is 0.355 e. The number of piperazine rings is 1. The van der Waals surface area contributed by atoms with Gasteiger partial charge in [0, 0.05) is 37.8 Å². The SMILES string of the molecule is CNC(=O)c1cccc([C@H]2CNCCN2C(=O)c2ccc(F)cc2)c1. The lowest BCUT2D eigenvalue weighted by Gasteiger charge is -2.36. The number of hydrogen-bond donors (Lipinski definition) is 2. The van der Waals surface area contributed by atoms with Crippen LogP contribution in [-0.2, 0) is 0 Å². The van der Waals surface area contributed by atoms with Gasteiger partial charge in [-0.05, 0) is 42.0 Å². The lowest BCUT2D eigenvalue weighted by atomic mass is 9.99. The third-order valence-electron chi connectivity index (χ3n) is 4.36. The standard InChI is InChI=1S/C19H20FN3O2/c1-21-18(24)15-4-2-3-14(11-15)17-12-22-9-10-23(17)19(25)13-5-7-16(20)8-6-13/h2-8,11,17,22H,9-10,12H2,1H3,(H,21,24)/t17-/m1/s1. The quantitative estimate of drug-likeness (QED) is 0.897. The van der Waals surface area contributed by atoms with Crippen molar-refractivity contribution in [2.75, 3.05) is 26.7 Å². The molecule has 1 aliphatic heterocycles. The molecular weight excluding hydrogens is 321 g/mol. The molecule has 0 aromatic heterocycles. The van der Waals surface area contributed by atoms with E-state index in [1.54, 1.807) is 24.1 Å². The van der Waals surface area contributed by atoms with E-state index in [-0.39, 0.29) is 23.7 Å². The minimum atomic E-state index is -0.369. The van der Waals surface area contributed by atoms with E-state index in [1.165, 1.54) is 24.3 Å². The van der Waals surface area contributed by atoms with E-state index in [2.05, 4.69) is 10.6 Å². The minimum absolute atomic E-state index is 0.142. The first kappa shape index (κ1) is 17.1. The fourth-order valence-electron chi connectivity index (χ4n) is 3.04. The van der Waals surface area contributed by atoms with Gasteiger partial charge in [0.2, 0.25) is 0 Å². The van der Waals surface area contributed by atoms with Crippen molar-refractivity contribution in [3.63, 3.8) is 0 Å². The summed E-state index contributed by atoms with van der Waals surface area (Å²) in [5.41, 5.74) is 1.90. The van der Waals surface area contributed by atoms with Crippen LogP contribution in [0.3, 0.4) is 0 Å². The molecule has 5 nitrogen and oxygen atoms in total. The molecule has 2 amide bonds. The number of hydrogen-bond acceptors (Lipinski definition) is 3. The van der Waals surface area contributed by atoms with Gasteiger partial charge in [0.05, 0.1) is 6.04 Å². The van der Waals surface area contributed by atoms with Crippen LogP contribution >= 0.6 is 0 Å². The fraction of sp³-hybridized carbons (Fsp3) is 0.263. The topological polar surface area (TPSA) is 61.4 Å². The van der Waals surface area contributed by atoms with Crippen LogP contribution in [-0.4, -0.2) is 43.4 Å². The van der Waals surface area contributed by atoms with Crippen molar-refractivity contribution in [3.8, 4) is 0 Å². The van der Waals surface area contributed by atoms with Gasteiger partial charge >= 0.3 is 0 Å². The average Bonchev–Trinajstić information content (AvgIpc) is 2.67. The molecule has 2 N–H and O–H groups in total. The summed E-state index contributed by atoms with van der Waals surface area (Å²) in [7, 11) is 1.58. The maximum absolute atomic E-state index is 13.1. The third-order valence-corrected chi connectivity index (χ3v) is 4.36. The molecular formula is C19H20FN3O2. The first-order valence-electron chi connectivity index (χ1n) is 8.19. The van der Waals surface area contributed by atoms with Gasteiger partial charge in [-0.3, -0.25) is 9.59 Å². The van der Waals surface area contributed by atoms with Gasteiger partial charge in [-0.1, -0.05) is 12.1 Å². The molecule has 6 heteroatoms. The smallest absolute Gasteiger partial charge is 0.254 e. The highest BCUT2D eigenvalue weighted by molar-refractivity contribution is 5.95. The molecule has 1 saturated heterocycles. The average molecular weight is 341 g/mol.